The lowest BCUT2D eigenvalue weighted by atomic mass is 10.2. The Morgan fingerprint density at radius 3 is 2.83 bits per heavy atom. The molecule has 2 aromatic heterocycles. The molecule has 1 aromatic carbocycles. The maximum absolute atomic E-state index is 5.81. The van der Waals surface area contributed by atoms with Gasteiger partial charge in [-0.05, 0) is 17.7 Å². The second-order valence-corrected chi connectivity index (χ2v) is 4.12. The summed E-state index contributed by atoms with van der Waals surface area (Å²) >= 11 is 5.81. The van der Waals surface area contributed by atoms with Crippen LogP contribution in [0.15, 0.2) is 42.9 Å². The first kappa shape index (κ1) is 11.0. The van der Waals surface area contributed by atoms with Crippen molar-refractivity contribution in [1.82, 2.24) is 19.6 Å². The molecule has 0 fully saturated rings. The number of rotatable bonds is 3. The van der Waals surface area contributed by atoms with Gasteiger partial charge in [-0.3, -0.25) is 0 Å². The van der Waals surface area contributed by atoms with Crippen LogP contribution in [0.2, 0.25) is 5.02 Å². The summed E-state index contributed by atoms with van der Waals surface area (Å²) in [6.07, 6.45) is 3.21. The standard InChI is InChI=1S/C12H9ClN4O/c13-10-3-1-9(2-4-10)7-18-11-5-6-17-12(16-11)14-8-15-17/h1-6,8H,7H2. The van der Waals surface area contributed by atoms with Gasteiger partial charge in [-0.1, -0.05) is 23.7 Å². The van der Waals surface area contributed by atoms with Crippen LogP contribution in [0.3, 0.4) is 0 Å². The monoisotopic (exact) mass is 260 g/mol. The van der Waals surface area contributed by atoms with E-state index in [1.54, 1.807) is 16.8 Å². The molecule has 0 aliphatic carbocycles. The lowest BCUT2D eigenvalue weighted by Gasteiger charge is -2.05. The number of nitrogens with zero attached hydrogens (tertiary/aromatic N) is 4. The zero-order chi connectivity index (χ0) is 12.4. The number of halogens is 1. The van der Waals surface area contributed by atoms with E-state index in [4.69, 9.17) is 16.3 Å². The maximum Gasteiger partial charge on any atom is 0.255 e. The van der Waals surface area contributed by atoms with Crippen LogP contribution in [0, 0.1) is 0 Å². The third kappa shape index (κ3) is 2.26. The highest BCUT2D eigenvalue weighted by Gasteiger charge is 2.01. The summed E-state index contributed by atoms with van der Waals surface area (Å²) in [5.74, 6) is 1.04. The number of hydrogen-bond acceptors (Lipinski definition) is 4. The molecule has 6 heteroatoms. The molecule has 0 atom stereocenters. The van der Waals surface area contributed by atoms with E-state index in [0.29, 0.717) is 23.3 Å². The normalized spacial score (nSPS) is 10.7. The average Bonchev–Trinajstić information content (AvgIpc) is 2.85. The molecule has 0 amide bonds. The summed E-state index contributed by atoms with van der Waals surface area (Å²) < 4.78 is 7.15. The molecule has 0 spiro atoms. The molecule has 0 aliphatic rings. The van der Waals surface area contributed by atoms with Crippen molar-refractivity contribution in [2.75, 3.05) is 0 Å². The van der Waals surface area contributed by atoms with Crippen LogP contribution in [0.4, 0.5) is 0 Å². The summed E-state index contributed by atoms with van der Waals surface area (Å²) in [4.78, 5) is 8.20. The third-order valence-electron chi connectivity index (χ3n) is 2.42. The molecule has 0 aliphatic heterocycles. The van der Waals surface area contributed by atoms with E-state index in [2.05, 4.69) is 15.1 Å². The number of hydrogen-bond donors (Lipinski definition) is 0. The molecular formula is C12H9ClN4O. The van der Waals surface area contributed by atoms with Crippen molar-refractivity contribution >= 4 is 17.4 Å². The Labute approximate surface area is 108 Å². The quantitative estimate of drug-likeness (QED) is 0.725. The first-order valence-corrected chi connectivity index (χ1v) is 5.73. The largest absolute Gasteiger partial charge is 0.473 e. The Morgan fingerprint density at radius 1 is 1.17 bits per heavy atom. The van der Waals surface area contributed by atoms with Crippen LogP contribution in [-0.4, -0.2) is 19.6 Å². The predicted molar refractivity (Wildman–Crippen MR) is 66.6 cm³/mol. The van der Waals surface area contributed by atoms with Crippen molar-refractivity contribution in [3.63, 3.8) is 0 Å². The smallest absolute Gasteiger partial charge is 0.255 e. The van der Waals surface area contributed by atoms with E-state index >= 15 is 0 Å². The lowest BCUT2D eigenvalue weighted by Crippen LogP contribution is -1.99. The third-order valence-corrected chi connectivity index (χ3v) is 2.67. The van der Waals surface area contributed by atoms with Crippen LogP contribution < -0.4 is 4.74 Å². The van der Waals surface area contributed by atoms with Gasteiger partial charge in [-0.2, -0.15) is 15.1 Å². The van der Waals surface area contributed by atoms with Crippen molar-refractivity contribution in [1.29, 1.82) is 0 Å². The van der Waals surface area contributed by atoms with Crippen molar-refractivity contribution < 1.29 is 4.74 Å². The molecule has 3 aromatic rings. The van der Waals surface area contributed by atoms with Crippen LogP contribution in [0.5, 0.6) is 5.88 Å². The van der Waals surface area contributed by atoms with Crippen LogP contribution in [0.25, 0.3) is 5.78 Å². The molecule has 0 radical (unpaired) electrons. The fourth-order valence-corrected chi connectivity index (χ4v) is 1.64. The molecule has 0 saturated carbocycles. The topological polar surface area (TPSA) is 52.3 Å². The van der Waals surface area contributed by atoms with Gasteiger partial charge in [0.15, 0.2) is 0 Å². The first-order valence-electron chi connectivity index (χ1n) is 5.35. The minimum absolute atomic E-state index is 0.439. The van der Waals surface area contributed by atoms with Crippen molar-refractivity contribution in [2.45, 2.75) is 6.61 Å². The van der Waals surface area contributed by atoms with Gasteiger partial charge >= 0.3 is 0 Å². The molecule has 0 bridgehead atoms. The van der Waals surface area contributed by atoms with E-state index in [0.717, 1.165) is 5.56 Å². The first-order chi connectivity index (χ1) is 8.81. The summed E-state index contributed by atoms with van der Waals surface area (Å²) in [6.45, 7) is 0.439. The molecule has 0 saturated heterocycles. The van der Waals surface area contributed by atoms with Gasteiger partial charge in [0, 0.05) is 17.3 Å². The van der Waals surface area contributed by atoms with Crippen LogP contribution >= 0.6 is 11.6 Å². The highest BCUT2D eigenvalue weighted by molar-refractivity contribution is 6.30. The van der Waals surface area contributed by atoms with Crippen molar-refractivity contribution in [2.24, 2.45) is 0 Å². The summed E-state index contributed by atoms with van der Waals surface area (Å²) in [5, 5.41) is 4.67. The highest BCUT2D eigenvalue weighted by Crippen LogP contribution is 2.13. The minimum Gasteiger partial charge on any atom is -0.473 e. The molecule has 3 rings (SSSR count). The summed E-state index contributed by atoms with van der Waals surface area (Å²) in [6, 6.07) is 9.23. The van der Waals surface area contributed by atoms with E-state index in [1.165, 1.54) is 6.33 Å². The van der Waals surface area contributed by atoms with Gasteiger partial charge in [0.1, 0.15) is 12.9 Å². The molecule has 0 N–H and O–H groups in total. The van der Waals surface area contributed by atoms with Gasteiger partial charge < -0.3 is 4.74 Å². The molecular weight excluding hydrogens is 252 g/mol. The van der Waals surface area contributed by atoms with Crippen LogP contribution in [0.1, 0.15) is 5.56 Å². The Kier molecular flexibility index (Phi) is 2.82. The number of benzene rings is 1. The lowest BCUT2D eigenvalue weighted by molar-refractivity contribution is 0.294. The summed E-state index contributed by atoms with van der Waals surface area (Å²) in [5.41, 5.74) is 1.03. The SMILES string of the molecule is Clc1ccc(COc2ccn3ncnc3n2)cc1. The van der Waals surface area contributed by atoms with Gasteiger partial charge in [0.2, 0.25) is 5.88 Å². The average molecular weight is 261 g/mol. The Morgan fingerprint density at radius 2 is 2.00 bits per heavy atom. The Bertz CT molecular complexity index is 665. The number of ether oxygens (including phenoxy) is 1. The minimum atomic E-state index is 0.439. The Balaban J connectivity index is 1.74. The van der Waals surface area contributed by atoms with E-state index in [1.807, 2.05) is 24.3 Å². The van der Waals surface area contributed by atoms with Crippen molar-refractivity contribution in [3.8, 4) is 5.88 Å². The van der Waals surface area contributed by atoms with Crippen LogP contribution in [-0.2, 0) is 6.61 Å². The molecule has 2 heterocycles. The zero-order valence-corrected chi connectivity index (χ0v) is 10.1. The second-order valence-electron chi connectivity index (χ2n) is 3.69. The van der Waals surface area contributed by atoms with E-state index in [-0.39, 0.29) is 0 Å². The van der Waals surface area contributed by atoms with Gasteiger partial charge in [0.25, 0.3) is 5.78 Å². The van der Waals surface area contributed by atoms with Gasteiger partial charge in [0.05, 0.1) is 0 Å². The fraction of sp³-hybridized carbons (Fsp3) is 0.0833. The van der Waals surface area contributed by atoms with E-state index in [9.17, 15) is 0 Å². The highest BCUT2D eigenvalue weighted by atomic mass is 35.5. The maximum atomic E-state index is 5.81. The number of fused-ring (bicyclic) bond motifs is 1. The zero-order valence-electron chi connectivity index (χ0n) is 9.32. The molecule has 5 nitrogen and oxygen atoms in total. The summed E-state index contributed by atoms with van der Waals surface area (Å²) in [7, 11) is 0. The van der Waals surface area contributed by atoms with Crippen molar-refractivity contribution in [3.05, 3.63) is 53.4 Å². The molecule has 0 unspecified atom stereocenters. The Hall–Kier alpha value is -2.14. The predicted octanol–water partition coefficient (Wildman–Crippen LogP) is 2.36. The molecule has 18 heavy (non-hydrogen) atoms. The van der Waals surface area contributed by atoms with E-state index < -0.39 is 0 Å². The number of aromatic nitrogens is 4. The van der Waals surface area contributed by atoms with Gasteiger partial charge in [-0.15, -0.1) is 0 Å². The van der Waals surface area contributed by atoms with Gasteiger partial charge in [-0.25, -0.2) is 4.52 Å². The fourth-order valence-electron chi connectivity index (χ4n) is 1.52. The molecule has 90 valence electrons. The second kappa shape index (κ2) is 4.62.